The summed E-state index contributed by atoms with van der Waals surface area (Å²) in [5.41, 5.74) is 2.41. The van der Waals surface area contributed by atoms with Crippen molar-refractivity contribution in [2.24, 2.45) is 0 Å². The van der Waals surface area contributed by atoms with Gasteiger partial charge < -0.3 is 14.4 Å². The maximum Gasteiger partial charge on any atom is 0.337 e. The molecule has 0 radical (unpaired) electrons. The monoisotopic (exact) mass is 320 g/mol. The normalized spacial score (nSPS) is 10.7. The summed E-state index contributed by atoms with van der Waals surface area (Å²) in [7, 11) is 1.38. The predicted molar refractivity (Wildman–Crippen MR) is 85.8 cm³/mol. The van der Waals surface area contributed by atoms with E-state index in [1.54, 1.807) is 24.0 Å². The average molecular weight is 320 g/mol. The number of rotatable bonds is 7. The number of thioether (sulfide) groups is 1. The second-order valence-corrected chi connectivity index (χ2v) is 5.76. The van der Waals surface area contributed by atoms with Gasteiger partial charge in [0.15, 0.2) is 5.16 Å². The molecule has 0 bridgehead atoms. The minimum absolute atomic E-state index is 0.00855. The number of nitrogens with zero attached hydrogens (tertiary/aromatic N) is 2. The first-order chi connectivity index (χ1) is 10.7. The number of carbonyl (C=O) groups excluding carboxylic acids is 1. The molecule has 0 unspecified atom stereocenters. The van der Waals surface area contributed by atoms with Gasteiger partial charge in [-0.3, -0.25) is 0 Å². The first kappa shape index (κ1) is 16.6. The van der Waals surface area contributed by atoms with Crippen molar-refractivity contribution < 1.29 is 14.6 Å². The smallest absolute Gasteiger partial charge is 0.337 e. The molecule has 0 atom stereocenters. The maximum absolute atomic E-state index is 11.5. The first-order valence-corrected chi connectivity index (χ1v) is 8.13. The van der Waals surface area contributed by atoms with E-state index < -0.39 is 0 Å². The highest BCUT2D eigenvalue weighted by Gasteiger charge is 2.10. The van der Waals surface area contributed by atoms with Gasteiger partial charge in [-0.1, -0.05) is 30.8 Å². The number of hydrogen-bond donors (Lipinski definition) is 1. The van der Waals surface area contributed by atoms with Crippen LogP contribution in [0.15, 0.2) is 35.6 Å². The number of aliphatic hydroxyl groups excluding tert-OH is 1. The van der Waals surface area contributed by atoms with Crippen molar-refractivity contribution >= 4 is 17.7 Å². The topological polar surface area (TPSA) is 64.3 Å². The zero-order valence-corrected chi connectivity index (χ0v) is 13.6. The van der Waals surface area contributed by atoms with Gasteiger partial charge in [0.2, 0.25) is 0 Å². The van der Waals surface area contributed by atoms with Crippen molar-refractivity contribution in [1.82, 2.24) is 9.55 Å². The standard InChI is InChI=1S/C16H20N2O3S/c1-3-7-18-14(10-19)9-17-16(18)22-11-12-5-4-6-13(8-12)15(20)21-2/h4-6,8-9,19H,3,7,10-11H2,1-2H3. The zero-order valence-electron chi connectivity index (χ0n) is 12.8. The Balaban J connectivity index is 2.10. The molecule has 0 fully saturated rings. The van der Waals surface area contributed by atoms with Crippen LogP contribution in [-0.2, 0) is 23.6 Å². The van der Waals surface area contributed by atoms with Crippen molar-refractivity contribution in [3.8, 4) is 0 Å². The minimum atomic E-state index is -0.332. The van der Waals surface area contributed by atoms with Gasteiger partial charge in [-0.2, -0.15) is 0 Å². The van der Waals surface area contributed by atoms with E-state index in [9.17, 15) is 9.90 Å². The molecule has 6 heteroatoms. The second kappa shape index (κ2) is 8.00. The molecule has 118 valence electrons. The Kier molecular flexibility index (Phi) is 6.03. The maximum atomic E-state index is 11.5. The van der Waals surface area contributed by atoms with Gasteiger partial charge in [0.25, 0.3) is 0 Å². The largest absolute Gasteiger partial charge is 0.465 e. The van der Waals surface area contributed by atoms with E-state index in [1.165, 1.54) is 7.11 Å². The molecule has 0 aliphatic carbocycles. The molecule has 0 amide bonds. The van der Waals surface area contributed by atoms with Crippen LogP contribution in [0.25, 0.3) is 0 Å². The molecule has 1 heterocycles. The summed E-state index contributed by atoms with van der Waals surface area (Å²) in [4.78, 5) is 15.9. The number of benzene rings is 1. The van der Waals surface area contributed by atoms with Crippen molar-refractivity contribution in [2.75, 3.05) is 7.11 Å². The van der Waals surface area contributed by atoms with E-state index in [-0.39, 0.29) is 12.6 Å². The minimum Gasteiger partial charge on any atom is -0.465 e. The summed E-state index contributed by atoms with van der Waals surface area (Å²) in [6.07, 6.45) is 2.69. The van der Waals surface area contributed by atoms with Crippen LogP contribution in [0.4, 0.5) is 0 Å². The number of hydrogen-bond acceptors (Lipinski definition) is 5. The van der Waals surface area contributed by atoms with Crippen molar-refractivity contribution in [3.05, 3.63) is 47.3 Å². The van der Waals surface area contributed by atoms with E-state index in [0.29, 0.717) is 11.3 Å². The molecule has 22 heavy (non-hydrogen) atoms. The number of imidazole rings is 1. The fraction of sp³-hybridized carbons (Fsp3) is 0.375. The van der Waals surface area contributed by atoms with Crippen molar-refractivity contribution in [1.29, 1.82) is 0 Å². The molecular weight excluding hydrogens is 300 g/mol. The molecular formula is C16H20N2O3S. The third kappa shape index (κ3) is 3.90. The first-order valence-electron chi connectivity index (χ1n) is 7.15. The molecule has 2 aromatic rings. The van der Waals surface area contributed by atoms with E-state index in [1.807, 2.05) is 22.8 Å². The molecule has 0 spiro atoms. The Morgan fingerprint density at radius 1 is 1.45 bits per heavy atom. The quantitative estimate of drug-likeness (QED) is 0.628. The summed E-state index contributed by atoms with van der Waals surface area (Å²) < 4.78 is 6.77. The van der Waals surface area contributed by atoms with Crippen molar-refractivity contribution in [2.45, 2.75) is 37.4 Å². The summed E-state index contributed by atoms with van der Waals surface area (Å²) in [6.45, 7) is 2.92. The predicted octanol–water partition coefficient (Wildman–Crippen LogP) is 2.86. The van der Waals surface area contributed by atoms with Crippen LogP contribution in [-0.4, -0.2) is 27.7 Å². The molecule has 2 rings (SSSR count). The lowest BCUT2D eigenvalue weighted by Gasteiger charge is -2.09. The molecule has 1 aromatic carbocycles. The van der Waals surface area contributed by atoms with Gasteiger partial charge in [0, 0.05) is 12.3 Å². The molecule has 0 saturated heterocycles. The van der Waals surface area contributed by atoms with Crippen LogP contribution in [0, 0.1) is 0 Å². The molecule has 1 aromatic heterocycles. The summed E-state index contributed by atoms with van der Waals surface area (Å²) in [5, 5.41) is 10.2. The second-order valence-electron chi connectivity index (χ2n) is 4.82. The lowest BCUT2D eigenvalue weighted by Crippen LogP contribution is -2.04. The highest BCUT2D eigenvalue weighted by atomic mass is 32.2. The van der Waals surface area contributed by atoms with Gasteiger partial charge in [-0.25, -0.2) is 9.78 Å². The van der Waals surface area contributed by atoms with Crippen LogP contribution in [0.1, 0.15) is 35.0 Å². The van der Waals surface area contributed by atoms with E-state index >= 15 is 0 Å². The van der Waals surface area contributed by atoms with Crippen LogP contribution in [0.5, 0.6) is 0 Å². The fourth-order valence-corrected chi connectivity index (χ4v) is 3.12. The highest BCUT2D eigenvalue weighted by Crippen LogP contribution is 2.24. The number of methoxy groups -OCH3 is 1. The van der Waals surface area contributed by atoms with Gasteiger partial charge >= 0.3 is 5.97 Å². The Morgan fingerprint density at radius 2 is 2.27 bits per heavy atom. The average Bonchev–Trinajstić information content (AvgIpc) is 2.95. The molecule has 5 nitrogen and oxygen atoms in total. The van der Waals surface area contributed by atoms with Gasteiger partial charge in [0.05, 0.1) is 31.2 Å². The highest BCUT2D eigenvalue weighted by molar-refractivity contribution is 7.98. The SMILES string of the molecule is CCCn1c(CO)cnc1SCc1cccc(C(=O)OC)c1. The van der Waals surface area contributed by atoms with Gasteiger partial charge in [0.1, 0.15) is 0 Å². The molecule has 0 aliphatic heterocycles. The lowest BCUT2D eigenvalue weighted by molar-refractivity contribution is 0.0600. The Hall–Kier alpha value is -1.79. The Bertz CT molecular complexity index is 640. The van der Waals surface area contributed by atoms with Crippen LogP contribution < -0.4 is 0 Å². The zero-order chi connectivity index (χ0) is 15.9. The molecule has 0 saturated carbocycles. The van der Waals surface area contributed by atoms with E-state index in [0.717, 1.165) is 29.4 Å². The third-order valence-electron chi connectivity index (χ3n) is 3.23. The number of esters is 1. The molecule has 1 N–H and O–H groups in total. The lowest BCUT2D eigenvalue weighted by atomic mass is 10.1. The van der Waals surface area contributed by atoms with E-state index in [2.05, 4.69) is 11.9 Å². The van der Waals surface area contributed by atoms with E-state index in [4.69, 9.17) is 4.74 Å². The Morgan fingerprint density at radius 3 is 2.95 bits per heavy atom. The fourth-order valence-electron chi connectivity index (χ4n) is 2.15. The van der Waals surface area contributed by atoms with Crippen LogP contribution >= 0.6 is 11.8 Å². The van der Waals surface area contributed by atoms with Gasteiger partial charge in [-0.15, -0.1) is 0 Å². The number of ether oxygens (including phenoxy) is 1. The molecule has 0 aliphatic rings. The summed E-state index contributed by atoms with van der Waals surface area (Å²) in [6, 6.07) is 7.39. The number of carbonyl (C=O) groups is 1. The van der Waals surface area contributed by atoms with Crippen LogP contribution in [0.2, 0.25) is 0 Å². The number of aromatic nitrogens is 2. The Labute approximate surface area is 134 Å². The summed E-state index contributed by atoms with van der Waals surface area (Å²) in [5.74, 6) is 0.373. The van der Waals surface area contributed by atoms with Gasteiger partial charge in [-0.05, 0) is 24.1 Å². The third-order valence-corrected chi connectivity index (χ3v) is 4.29. The van der Waals surface area contributed by atoms with Crippen LogP contribution in [0.3, 0.4) is 0 Å². The number of aliphatic hydroxyl groups is 1. The van der Waals surface area contributed by atoms with Crippen molar-refractivity contribution in [3.63, 3.8) is 0 Å². The summed E-state index contributed by atoms with van der Waals surface area (Å²) >= 11 is 1.59.